The molecule has 1 N–H and O–H groups in total. The summed E-state index contributed by atoms with van der Waals surface area (Å²) in [5.41, 5.74) is 1.69. The summed E-state index contributed by atoms with van der Waals surface area (Å²) in [7, 11) is 0. The van der Waals surface area contributed by atoms with E-state index in [9.17, 15) is 9.18 Å². The third kappa shape index (κ3) is 3.90. The number of nitrogens with zero attached hydrogens (tertiary/aromatic N) is 1. The molecule has 1 fully saturated rings. The van der Waals surface area contributed by atoms with Gasteiger partial charge >= 0.3 is 0 Å². The van der Waals surface area contributed by atoms with Crippen LogP contribution in [0.3, 0.4) is 0 Å². The van der Waals surface area contributed by atoms with Crippen molar-refractivity contribution in [2.75, 3.05) is 25.0 Å². The Labute approximate surface area is 158 Å². The van der Waals surface area contributed by atoms with Crippen molar-refractivity contribution in [2.24, 2.45) is 0 Å². The van der Waals surface area contributed by atoms with Gasteiger partial charge in [-0.25, -0.2) is 4.39 Å². The van der Waals surface area contributed by atoms with Gasteiger partial charge in [-0.15, -0.1) is 0 Å². The van der Waals surface area contributed by atoms with Crippen molar-refractivity contribution in [1.29, 1.82) is 0 Å². The SMILES string of the molecule is CC1Oc2cc(OCCN3CCCC3c3cccc(F)c3)ccc2NC1=O. The molecule has 2 heterocycles. The van der Waals surface area contributed by atoms with Gasteiger partial charge in [-0.05, 0) is 56.1 Å². The Morgan fingerprint density at radius 1 is 1.30 bits per heavy atom. The summed E-state index contributed by atoms with van der Waals surface area (Å²) in [5, 5.41) is 2.81. The first-order chi connectivity index (χ1) is 13.1. The lowest BCUT2D eigenvalue weighted by Crippen LogP contribution is -2.34. The molecule has 2 atom stereocenters. The summed E-state index contributed by atoms with van der Waals surface area (Å²) in [4.78, 5) is 14.0. The molecular formula is C21H23FN2O3. The molecule has 2 unspecified atom stereocenters. The highest BCUT2D eigenvalue weighted by Crippen LogP contribution is 2.34. The number of anilines is 1. The normalized spacial score (nSPS) is 22.1. The molecule has 1 saturated heterocycles. The molecule has 1 amide bonds. The summed E-state index contributed by atoms with van der Waals surface area (Å²) in [6.45, 7) is 4.01. The molecule has 2 aliphatic heterocycles. The predicted octanol–water partition coefficient (Wildman–Crippen LogP) is 3.76. The second-order valence-corrected chi connectivity index (χ2v) is 7.00. The van der Waals surface area contributed by atoms with E-state index in [0.717, 1.165) is 31.5 Å². The van der Waals surface area contributed by atoms with Crippen LogP contribution in [0.5, 0.6) is 11.5 Å². The minimum atomic E-state index is -0.510. The van der Waals surface area contributed by atoms with E-state index in [1.54, 1.807) is 31.2 Å². The first kappa shape index (κ1) is 17.8. The molecule has 6 heteroatoms. The third-order valence-electron chi connectivity index (χ3n) is 5.13. The minimum Gasteiger partial charge on any atom is -0.492 e. The van der Waals surface area contributed by atoms with Crippen LogP contribution < -0.4 is 14.8 Å². The fraction of sp³-hybridized carbons (Fsp3) is 0.381. The molecule has 0 saturated carbocycles. The topological polar surface area (TPSA) is 50.8 Å². The number of likely N-dealkylation sites (tertiary alicyclic amines) is 1. The molecule has 5 nitrogen and oxygen atoms in total. The van der Waals surface area contributed by atoms with Gasteiger partial charge in [0.05, 0.1) is 5.69 Å². The highest BCUT2D eigenvalue weighted by molar-refractivity contribution is 5.97. The van der Waals surface area contributed by atoms with Crippen LogP contribution in [0.2, 0.25) is 0 Å². The zero-order chi connectivity index (χ0) is 18.8. The highest BCUT2D eigenvalue weighted by atomic mass is 19.1. The maximum Gasteiger partial charge on any atom is 0.265 e. The second kappa shape index (κ2) is 7.56. The van der Waals surface area contributed by atoms with Gasteiger partial charge in [0, 0.05) is 18.7 Å². The van der Waals surface area contributed by atoms with Gasteiger partial charge in [-0.1, -0.05) is 12.1 Å². The molecule has 2 aliphatic rings. The number of carbonyl (C=O) groups is 1. The van der Waals surface area contributed by atoms with Gasteiger partial charge < -0.3 is 14.8 Å². The van der Waals surface area contributed by atoms with Crippen molar-refractivity contribution < 1.29 is 18.7 Å². The summed E-state index contributed by atoms with van der Waals surface area (Å²) >= 11 is 0. The monoisotopic (exact) mass is 370 g/mol. The Bertz CT molecular complexity index is 842. The van der Waals surface area contributed by atoms with E-state index in [1.807, 2.05) is 12.1 Å². The Hall–Kier alpha value is -2.60. The molecule has 0 aromatic heterocycles. The highest BCUT2D eigenvalue weighted by Gasteiger charge is 2.26. The van der Waals surface area contributed by atoms with Gasteiger partial charge in [-0.2, -0.15) is 0 Å². The van der Waals surface area contributed by atoms with Crippen molar-refractivity contribution in [3.63, 3.8) is 0 Å². The molecule has 0 bridgehead atoms. The number of ether oxygens (including phenoxy) is 2. The molecule has 4 rings (SSSR count). The minimum absolute atomic E-state index is 0.145. The molecule has 0 radical (unpaired) electrons. The lowest BCUT2D eigenvalue weighted by molar-refractivity contribution is -0.122. The van der Waals surface area contributed by atoms with E-state index >= 15 is 0 Å². The van der Waals surface area contributed by atoms with Crippen LogP contribution in [0.1, 0.15) is 31.4 Å². The number of rotatable bonds is 5. The summed E-state index contributed by atoms with van der Waals surface area (Å²) < 4.78 is 25.0. The molecule has 0 aliphatic carbocycles. The fourth-order valence-corrected chi connectivity index (χ4v) is 3.74. The summed E-state index contributed by atoms with van der Waals surface area (Å²) in [6, 6.07) is 12.5. The van der Waals surface area contributed by atoms with Gasteiger partial charge in [0.2, 0.25) is 0 Å². The number of halogens is 1. The number of fused-ring (bicyclic) bond motifs is 1. The largest absolute Gasteiger partial charge is 0.492 e. The molecule has 27 heavy (non-hydrogen) atoms. The van der Waals surface area contributed by atoms with Gasteiger partial charge in [0.25, 0.3) is 5.91 Å². The standard InChI is InChI=1S/C21H23FN2O3/c1-14-21(25)23-18-8-7-17(13-20(18)27-14)26-11-10-24-9-3-6-19(24)15-4-2-5-16(22)12-15/h2,4-5,7-8,12-14,19H,3,6,9-11H2,1H3,(H,23,25). The maximum absolute atomic E-state index is 13.5. The van der Waals surface area contributed by atoms with Crippen LogP contribution in [0.4, 0.5) is 10.1 Å². The van der Waals surface area contributed by atoms with Crippen molar-refractivity contribution in [1.82, 2.24) is 4.90 Å². The van der Waals surface area contributed by atoms with Crippen LogP contribution in [-0.4, -0.2) is 36.6 Å². The Kier molecular flexibility index (Phi) is 4.99. The number of nitrogens with one attached hydrogen (secondary N) is 1. The van der Waals surface area contributed by atoms with Crippen LogP contribution >= 0.6 is 0 Å². The fourth-order valence-electron chi connectivity index (χ4n) is 3.74. The summed E-state index contributed by atoms with van der Waals surface area (Å²) in [5.74, 6) is 0.997. The number of amides is 1. The molecule has 0 spiro atoms. The first-order valence-electron chi connectivity index (χ1n) is 9.34. The van der Waals surface area contributed by atoms with Crippen molar-refractivity contribution in [3.05, 3.63) is 53.8 Å². The number of hydrogen-bond donors (Lipinski definition) is 1. The zero-order valence-corrected chi connectivity index (χ0v) is 15.3. The van der Waals surface area contributed by atoms with Gasteiger partial charge in [0.1, 0.15) is 23.9 Å². The Morgan fingerprint density at radius 2 is 2.19 bits per heavy atom. The van der Waals surface area contributed by atoms with Crippen LogP contribution in [0.25, 0.3) is 0 Å². The average molecular weight is 370 g/mol. The van der Waals surface area contributed by atoms with E-state index < -0.39 is 6.10 Å². The smallest absolute Gasteiger partial charge is 0.265 e. The van der Waals surface area contributed by atoms with E-state index in [0.29, 0.717) is 23.8 Å². The molecule has 142 valence electrons. The van der Waals surface area contributed by atoms with Crippen molar-refractivity contribution in [2.45, 2.75) is 31.9 Å². The Morgan fingerprint density at radius 3 is 3.04 bits per heavy atom. The Balaban J connectivity index is 1.36. The van der Waals surface area contributed by atoms with Crippen LogP contribution in [-0.2, 0) is 4.79 Å². The second-order valence-electron chi connectivity index (χ2n) is 7.00. The number of benzene rings is 2. The lowest BCUT2D eigenvalue weighted by Gasteiger charge is -2.25. The van der Waals surface area contributed by atoms with E-state index in [-0.39, 0.29) is 17.8 Å². The van der Waals surface area contributed by atoms with Gasteiger partial charge in [0.15, 0.2) is 6.10 Å². The van der Waals surface area contributed by atoms with Crippen molar-refractivity contribution >= 4 is 11.6 Å². The van der Waals surface area contributed by atoms with Crippen molar-refractivity contribution in [3.8, 4) is 11.5 Å². The third-order valence-corrected chi connectivity index (χ3v) is 5.13. The van der Waals surface area contributed by atoms with E-state index in [1.165, 1.54) is 6.07 Å². The number of carbonyl (C=O) groups excluding carboxylic acids is 1. The van der Waals surface area contributed by atoms with E-state index in [2.05, 4.69) is 10.2 Å². The van der Waals surface area contributed by atoms with Crippen LogP contribution in [0, 0.1) is 5.82 Å². The summed E-state index contributed by atoms with van der Waals surface area (Å²) in [6.07, 6.45) is 1.63. The average Bonchev–Trinajstić information content (AvgIpc) is 3.11. The molecule has 2 aromatic rings. The predicted molar refractivity (Wildman–Crippen MR) is 101 cm³/mol. The molecule has 2 aromatic carbocycles. The lowest BCUT2D eigenvalue weighted by atomic mass is 10.0. The molecular weight excluding hydrogens is 347 g/mol. The van der Waals surface area contributed by atoms with Gasteiger partial charge in [-0.3, -0.25) is 9.69 Å². The van der Waals surface area contributed by atoms with E-state index in [4.69, 9.17) is 9.47 Å². The quantitative estimate of drug-likeness (QED) is 0.871. The number of hydrogen-bond acceptors (Lipinski definition) is 4. The first-order valence-corrected chi connectivity index (χ1v) is 9.34. The maximum atomic E-state index is 13.5. The van der Waals surface area contributed by atoms with Crippen LogP contribution in [0.15, 0.2) is 42.5 Å². The zero-order valence-electron chi connectivity index (χ0n) is 15.3.